The molecule has 1 aromatic carbocycles. The number of hydrogen-bond acceptors (Lipinski definition) is 7. The second-order valence-electron chi connectivity index (χ2n) is 11.5. The number of benzene rings is 1. The predicted octanol–water partition coefficient (Wildman–Crippen LogP) is 2.23. The summed E-state index contributed by atoms with van der Waals surface area (Å²) in [5.74, 6) is -5.06. The van der Waals surface area contributed by atoms with Crippen LogP contribution < -0.4 is 16.4 Å². The lowest BCUT2D eigenvalue weighted by molar-refractivity contribution is -0.153. The van der Waals surface area contributed by atoms with E-state index in [0.717, 1.165) is 12.5 Å². The van der Waals surface area contributed by atoms with Gasteiger partial charge >= 0.3 is 6.09 Å². The van der Waals surface area contributed by atoms with E-state index in [-0.39, 0.29) is 18.5 Å². The van der Waals surface area contributed by atoms with E-state index >= 15 is 0 Å². The van der Waals surface area contributed by atoms with Crippen LogP contribution in [-0.4, -0.2) is 66.9 Å². The summed E-state index contributed by atoms with van der Waals surface area (Å²) in [7, 11) is -2.23. The number of primary amides is 1. The summed E-state index contributed by atoms with van der Waals surface area (Å²) in [6.45, 7) is 0.363. The third-order valence-electron chi connectivity index (χ3n) is 8.79. The molecule has 222 valence electrons. The van der Waals surface area contributed by atoms with Crippen LogP contribution in [0.5, 0.6) is 0 Å². The van der Waals surface area contributed by atoms with Gasteiger partial charge in [0, 0.05) is 25.9 Å². The zero-order chi connectivity index (χ0) is 29.6. The maximum absolute atomic E-state index is 14.1. The van der Waals surface area contributed by atoms with E-state index in [2.05, 4.69) is 10.6 Å². The fraction of sp³-hybridized carbons (Fsp3) is 0.571. The van der Waals surface area contributed by atoms with Crippen molar-refractivity contribution in [2.45, 2.75) is 67.6 Å². The number of carbonyl (C=O) groups is 4. The molecule has 11 nitrogen and oxygen atoms in total. The minimum absolute atomic E-state index is 0.132. The smallest absolute Gasteiger partial charge is 0.411 e. The van der Waals surface area contributed by atoms with Crippen LogP contribution in [0.1, 0.15) is 51.4 Å². The molecule has 4 amide bonds. The Morgan fingerprint density at radius 3 is 2.59 bits per heavy atom. The summed E-state index contributed by atoms with van der Waals surface area (Å²) in [5, 5.41) is 4.39. The zero-order valence-corrected chi connectivity index (χ0v) is 23.6. The maximum Gasteiger partial charge on any atom is 0.411 e. The van der Waals surface area contributed by atoms with Crippen LogP contribution in [-0.2, 0) is 29.0 Å². The first-order valence-electron chi connectivity index (χ1n) is 13.9. The van der Waals surface area contributed by atoms with Crippen LogP contribution in [0.2, 0.25) is 0 Å². The molecule has 5 rings (SSSR count). The van der Waals surface area contributed by atoms with Gasteiger partial charge in [0.15, 0.2) is 9.84 Å². The summed E-state index contributed by atoms with van der Waals surface area (Å²) in [6.07, 6.45) is 4.18. The second-order valence-corrected chi connectivity index (χ2v) is 14.0. The number of nitrogens with two attached hydrogens (primary N) is 1. The molecular weight excluding hydrogens is 555 g/mol. The van der Waals surface area contributed by atoms with Crippen molar-refractivity contribution in [3.05, 3.63) is 42.2 Å². The summed E-state index contributed by atoms with van der Waals surface area (Å²) in [5.41, 5.74) is 3.56. The minimum Gasteiger partial charge on any atom is -0.446 e. The van der Waals surface area contributed by atoms with Gasteiger partial charge < -0.3 is 20.7 Å². The van der Waals surface area contributed by atoms with E-state index in [1.165, 1.54) is 23.1 Å². The number of nitrogens with zero attached hydrogens (tertiary/aromatic N) is 1. The lowest BCUT2D eigenvalue weighted by Crippen LogP contribution is -2.59. The molecule has 13 heteroatoms. The lowest BCUT2D eigenvalue weighted by atomic mass is 9.75. The van der Waals surface area contributed by atoms with Crippen molar-refractivity contribution in [2.75, 3.05) is 18.9 Å². The molecule has 0 radical (unpaired) electrons. The average Bonchev–Trinajstić information content (AvgIpc) is 3.84. The summed E-state index contributed by atoms with van der Waals surface area (Å²) >= 11 is 0. The number of para-hydroxylation sites is 1. The summed E-state index contributed by atoms with van der Waals surface area (Å²) < 4.78 is 46.6. The number of carbonyl (C=O) groups excluding carboxylic acids is 4. The van der Waals surface area contributed by atoms with Crippen LogP contribution in [0.15, 0.2) is 36.4 Å². The molecule has 3 fully saturated rings. The zero-order valence-electron chi connectivity index (χ0n) is 22.8. The molecular formula is C28H35FN4O7S. The van der Waals surface area contributed by atoms with Crippen molar-refractivity contribution in [2.24, 2.45) is 23.0 Å². The number of rotatable bonds is 5. The number of anilines is 1. The highest BCUT2D eigenvalue weighted by molar-refractivity contribution is 7.94. The normalized spacial score (nSPS) is 32.2. The van der Waals surface area contributed by atoms with E-state index < -0.39 is 79.4 Å². The molecule has 5 atom stereocenters. The Morgan fingerprint density at radius 1 is 1.17 bits per heavy atom. The van der Waals surface area contributed by atoms with E-state index in [0.29, 0.717) is 32.2 Å². The number of hydrogen-bond donors (Lipinski definition) is 3. The molecule has 1 heterocycles. The van der Waals surface area contributed by atoms with Gasteiger partial charge in [-0.3, -0.25) is 19.7 Å². The summed E-state index contributed by atoms with van der Waals surface area (Å²) in [4.78, 5) is 53.5. The van der Waals surface area contributed by atoms with Crippen molar-refractivity contribution in [1.82, 2.24) is 10.2 Å². The van der Waals surface area contributed by atoms with E-state index in [1.807, 2.05) is 12.2 Å². The number of ether oxygens (including phenoxy) is 1. The second kappa shape index (κ2) is 10.7. The van der Waals surface area contributed by atoms with E-state index in [4.69, 9.17) is 10.5 Å². The lowest BCUT2D eigenvalue weighted by Gasteiger charge is -2.34. The first-order valence-corrected chi connectivity index (χ1v) is 15.5. The number of nitrogens with one attached hydrogen (secondary N) is 2. The van der Waals surface area contributed by atoms with Gasteiger partial charge in [-0.1, -0.05) is 24.3 Å². The van der Waals surface area contributed by atoms with Crippen LogP contribution in [0, 0.1) is 23.1 Å². The standard InChI is InChI=1S/C28H35FN4O7S/c1-33-13-7-3-2-4-8-17-15-28(17,41(38,39)19-11-12-19)32-25(36)27(24(30)35)16-18(14-20(27)23(33)34)40-26(37)31-22-10-6-5-9-21(22)29/h4-6,8-10,17-20H,2-3,7,11-16H2,1H3,(H2,30,35)(H,31,37)(H,32,36). The number of sulfone groups is 1. The fourth-order valence-electron chi connectivity index (χ4n) is 6.20. The Morgan fingerprint density at radius 2 is 1.90 bits per heavy atom. The fourth-order valence-corrected chi connectivity index (χ4v) is 8.70. The molecule has 4 aliphatic rings. The van der Waals surface area contributed by atoms with Gasteiger partial charge in [0.1, 0.15) is 22.2 Å². The van der Waals surface area contributed by atoms with Crippen molar-refractivity contribution in [1.29, 1.82) is 0 Å². The molecule has 0 aromatic heterocycles. The van der Waals surface area contributed by atoms with Gasteiger partial charge in [-0.05, 0) is 57.1 Å². The van der Waals surface area contributed by atoms with Crippen molar-refractivity contribution in [3.8, 4) is 0 Å². The third-order valence-corrected chi connectivity index (χ3v) is 11.7. The third kappa shape index (κ3) is 5.20. The van der Waals surface area contributed by atoms with Gasteiger partial charge in [-0.15, -0.1) is 0 Å². The number of fused-ring (bicyclic) bond motifs is 2. The Kier molecular flexibility index (Phi) is 7.60. The summed E-state index contributed by atoms with van der Waals surface area (Å²) in [6, 6.07) is 5.46. The first-order chi connectivity index (χ1) is 19.4. The van der Waals surface area contributed by atoms with Gasteiger partial charge in [-0.2, -0.15) is 0 Å². The molecule has 1 aromatic rings. The molecule has 3 saturated carbocycles. The molecule has 1 aliphatic heterocycles. The van der Waals surface area contributed by atoms with Gasteiger partial charge in [-0.25, -0.2) is 17.6 Å². The molecule has 0 bridgehead atoms. The largest absolute Gasteiger partial charge is 0.446 e. The highest BCUT2D eigenvalue weighted by atomic mass is 32.2. The van der Waals surface area contributed by atoms with Crippen molar-refractivity contribution >= 4 is 39.3 Å². The van der Waals surface area contributed by atoms with E-state index in [9.17, 15) is 32.0 Å². The van der Waals surface area contributed by atoms with Gasteiger partial charge in [0.05, 0.1) is 16.9 Å². The number of halogens is 1. The van der Waals surface area contributed by atoms with Crippen molar-refractivity contribution in [3.63, 3.8) is 0 Å². The van der Waals surface area contributed by atoms with Gasteiger partial charge in [0.25, 0.3) is 0 Å². The first kappa shape index (κ1) is 29.0. The number of allylic oxidation sites excluding steroid dienone is 1. The molecule has 0 spiro atoms. The SMILES string of the molecule is CN1CCCCC=CC2CC2(S(=O)(=O)C2CC2)NC(=O)C2(C(N)=O)CC(OC(=O)Nc3ccccc3F)CC2C1=O. The Balaban J connectivity index is 1.48. The molecule has 3 aliphatic carbocycles. The van der Waals surface area contributed by atoms with Gasteiger partial charge in [0.2, 0.25) is 17.7 Å². The minimum atomic E-state index is -3.79. The Labute approximate surface area is 237 Å². The van der Waals surface area contributed by atoms with Crippen LogP contribution in [0.4, 0.5) is 14.9 Å². The quantitative estimate of drug-likeness (QED) is 0.349. The predicted molar refractivity (Wildman–Crippen MR) is 146 cm³/mol. The van der Waals surface area contributed by atoms with Crippen LogP contribution in [0.25, 0.3) is 0 Å². The number of amides is 4. The monoisotopic (exact) mass is 590 g/mol. The molecule has 41 heavy (non-hydrogen) atoms. The van der Waals surface area contributed by atoms with E-state index in [1.54, 1.807) is 7.05 Å². The topological polar surface area (TPSA) is 165 Å². The highest BCUT2D eigenvalue weighted by Crippen LogP contribution is 2.55. The Bertz CT molecular complexity index is 1400. The average molecular weight is 591 g/mol. The molecule has 0 saturated heterocycles. The highest BCUT2D eigenvalue weighted by Gasteiger charge is 2.70. The van der Waals surface area contributed by atoms with Crippen LogP contribution >= 0.6 is 0 Å². The molecule has 4 N–H and O–H groups in total. The molecule has 5 unspecified atom stereocenters. The van der Waals surface area contributed by atoms with Crippen LogP contribution in [0.3, 0.4) is 0 Å². The maximum atomic E-state index is 14.1. The Hall–Kier alpha value is -3.48. The van der Waals surface area contributed by atoms with Crippen molar-refractivity contribution < 1.29 is 36.7 Å².